The first kappa shape index (κ1) is 28.7. The zero-order valence-corrected chi connectivity index (χ0v) is 23.0. The quantitative estimate of drug-likeness (QED) is 0.123. The number of carbonyl (C=O) groups excluding carboxylic acids is 3. The minimum Gasteiger partial charge on any atom is -0.465 e. The highest BCUT2D eigenvalue weighted by atomic mass is 79.9. The van der Waals surface area contributed by atoms with Gasteiger partial charge < -0.3 is 19.1 Å². The molecule has 0 saturated carbocycles. The Morgan fingerprint density at radius 3 is 2.38 bits per heavy atom. The summed E-state index contributed by atoms with van der Waals surface area (Å²) in [7, 11) is 1.15. The third-order valence-corrected chi connectivity index (χ3v) is 6.94. The average molecular weight is 573 g/mol. The summed E-state index contributed by atoms with van der Waals surface area (Å²) in [5.74, 6) is -1.77. The Morgan fingerprint density at radius 2 is 1.78 bits per heavy atom. The summed E-state index contributed by atoms with van der Waals surface area (Å²) in [4.78, 5) is 42.1. The predicted octanol–water partition coefficient (Wildman–Crippen LogP) is 4.21. The van der Waals surface area contributed by atoms with Crippen molar-refractivity contribution < 1.29 is 28.6 Å². The minimum absolute atomic E-state index is 0.0617. The van der Waals surface area contributed by atoms with E-state index in [4.69, 9.17) is 14.2 Å². The zero-order valence-electron chi connectivity index (χ0n) is 21.4. The van der Waals surface area contributed by atoms with Crippen molar-refractivity contribution in [2.75, 3.05) is 39.9 Å². The molecular formula is C28H33BrN2O6. The summed E-state index contributed by atoms with van der Waals surface area (Å²) in [5, 5.41) is 0. The van der Waals surface area contributed by atoms with Gasteiger partial charge in [0.15, 0.2) is 6.29 Å². The molecule has 1 heterocycles. The largest absolute Gasteiger partial charge is 0.465 e. The SMILES string of the molecule is CCN(CC)CCC(c1ccccc1)N1CCOC1OC(=O)/C(=C(\C=O)C(=O)OC)c1ccc(Br)cc1. The molecule has 1 fully saturated rings. The fraction of sp³-hybridized carbons (Fsp3) is 0.393. The van der Waals surface area contributed by atoms with Gasteiger partial charge in [0.2, 0.25) is 0 Å². The van der Waals surface area contributed by atoms with Gasteiger partial charge in [-0.05, 0) is 49.3 Å². The van der Waals surface area contributed by atoms with Crippen LogP contribution in [0.2, 0.25) is 0 Å². The van der Waals surface area contributed by atoms with Crippen molar-refractivity contribution >= 4 is 39.7 Å². The van der Waals surface area contributed by atoms with E-state index in [-0.39, 0.29) is 11.6 Å². The van der Waals surface area contributed by atoms with Crippen molar-refractivity contribution in [3.63, 3.8) is 0 Å². The molecule has 9 heteroatoms. The molecule has 1 saturated heterocycles. The maximum absolute atomic E-state index is 13.5. The van der Waals surface area contributed by atoms with Crippen LogP contribution in [0.3, 0.4) is 0 Å². The fourth-order valence-electron chi connectivity index (χ4n) is 4.38. The molecule has 0 aliphatic carbocycles. The second kappa shape index (κ2) is 14.2. The Kier molecular flexibility index (Phi) is 11.0. The lowest BCUT2D eigenvalue weighted by Gasteiger charge is -2.33. The molecule has 8 nitrogen and oxygen atoms in total. The molecular weight excluding hydrogens is 540 g/mol. The Balaban J connectivity index is 1.92. The second-order valence-electron chi connectivity index (χ2n) is 8.47. The summed E-state index contributed by atoms with van der Waals surface area (Å²) in [6, 6.07) is 16.6. The summed E-state index contributed by atoms with van der Waals surface area (Å²) < 4.78 is 17.2. The number of carbonyl (C=O) groups is 3. The Labute approximate surface area is 226 Å². The highest BCUT2D eigenvalue weighted by Crippen LogP contribution is 2.32. The molecule has 0 spiro atoms. The van der Waals surface area contributed by atoms with Crippen LogP contribution in [0.4, 0.5) is 0 Å². The molecule has 198 valence electrons. The number of esters is 2. The number of hydrogen-bond donors (Lipinski definition) is 0. The Bertz CT molecular complexity index is 1090. The van der Waals surface area contributed by atoms with E-state index < -0.39 is 23.9 Å². The summed E-state index contributed by atoms with van der Waals surface area (Å²) in [5.41, 5.74) is 0.851. The standard InChI is InChI=1S/C28H33BrN2O6/c1-4-30(5-2)16-15-24(20-9-7-6-8-10-20)31-17-18-36-28(31)37-27(34)25(23(19-32)26(33)35-3)21-11-13-22(29)14-12-21/h6-14,19,24,28H,4-5,15-18H2,1-3H3/b25-23+. The van der Waals surface area contributed by atoms with Crippen molar-refractivity contribution in [3.05, 3.63) is 75.8 Å². The second-order valence-corrected chi connectivity index (χ2v) is 9.38. The first-order chi connectivity index (χ1) is 17.9. The number of rotatable bonds is 12. The molecule has 2 atom stereocenters. The van der Waals surface area contributed by atoms with Crippen molar-refractivity contribution in [2.24, 2.45) is 0 Å². The molecule has 3 rings (SSSR count). The molecule has 0 amide bonds. The maximum atomic E-state index is 13.5. The molecule has 0 aromatic heterocycles. The van der Waals surface area contributed by atoms with Gasteiger partial charge >= 0.3 is 11.9 Å². The maximum Gasteiger partial charge on any atom is 0.343 e. The van der Waals surface area contributed by atoms with E-state index in [2.05, 4.69) is 46.8 Å². The summed E-state index contributed by atoms with van der Waals surface area (Å²) in [6.45, 7) is 7.95. The number of nitrogens with zero attached hydrogens (tertiary/aromatic N) is 2. The van der Waals surface area contributed by atoms with Crippen molar-refractivity contribution in [1.29, 1.82) is 0 Å². The molecule has 2 unspecified atom stereocenters. The molecule has 0 radical (unpaired) electrons. The van der Waals surface area contributed by atoms with E-state index in [9.17, 15) is 14.4 Å². The van der Waals surface area contributed by atoms with Crippen LogP contribution < -0.4 is 0 Å². The van der Waals surface area contributed by atoms with E-state index in [0.29, 0.717) is 25.0 Å². The van der Waals surface area contributed by atoms with Crippen LogP contribution >= 0.6 is 15.9 Å². The van der Waals surface area contributed by atoms with E-state index in [1.807, 2.05) is 23.1 Å². The van der Waals surface area contributed by atoms with Crippen LogP contribution in [0.15, 0.2) is 64.6 Å². The van der Waals surface area contributed by atoms with Gasteiger partial charge in [-0.2, -0.15) is 0 Å². The van der Waals surface area contributed by atoms with Gasteiger partial charge in [0.05, 0.1) is 19.3 Å². The average Bonchev–Trinajstić information content (AvgIpc) is 3.38. The lowest BCUT2D eigenvalue weighted by Crippen LogP contribution is -2.39. The van der Waals surface area contributed by atoms with Crippen molar-refractivity contribution in [1.82, 2.24) is 9.80 Å². The van der Waals surface area contributed by atoms with Crippen LogP contribution in [0, 0.1) is 0 Å². The lowest BCUT2D eigenvalue weighted by atomic mass is 10.0. The van der Waals surface area contributed by atoms with Gasteiger partial charge in [0.1, 0.15) is 5.57 Å². The Hall–Kier alpha value is -2.85. The van der Waals surface area contributed by atoms with Crippen LogP contribution in [-0.4, -0.2) is 74.3 Å². The molecule has 2 aromatic rings. The van der Waals surface area contributed by atoms with Crippen LogP contribution in [0.25, 0.3) is 5.57 Å². The predicted molar refractivity (Wildman–Crippen MR) is 143 cm³/mol. The highest BCUT2D eigenvalue weighted by molar-refractivity contribution is 9.10. The number of aldehydes is 1. The monoisotopic (exact) mass is 572 g/mol. The molecule has 0 bridgehead atoms. The van der Waals surface area contributed by atoms with Gasteiger partial charge in [-0.3, -0.25) is 4.79 Å². The molecule has 37 heavy (non-hydrogen) atoms. The highest BCUT2D eigenvalue weighted by Gasteiger charge is 2.37. The first-order valence-corrected chi connectivity index (χ1v) is 13.1. The fourth-order valence-corrected chi connectivity index (χ4v) is 4.64. The topological polar surface area (TPSA) is 85.4 Å². The summed E-state index contributed by atoms with van der Waals surface area (Å²) in [6.07, 6.45) is 0.139. The van der Waals surface area contributed by atoms with Gasteiger partial charge in [0, 0.05) is 17.1 Å². The minimum atomic E-state index is -0.981. The van der Waals surface area contributed by atoms with Crippen LogP contribution in [0.1, 0.15) is 37.4 Å². The normalized spacial score (nSPS) is 17.3. The van der Waals surface area contributed by atoms with Gasteiger partial charge in [0.25, 0.3) is 6.41 Å². The number of methoxy groups -OCH3 is 1. The third-order valence-electron chi connectivity index (χ3n) is 6.42. The molecule has 0 N–H and O–H groups in total. The summed E-state index contributed by atoms with van der Waals surface area (Å²) >= 11 is 3.36. The van der Waals surface area contributed by atoms with Crippen molar-refractivity contribution in [3.8, 4) is 0 Å². The number of benzene rings is 2. The van der Waals surface area contributed by atoms with Crippen LogP contribution in [0.5, 0.6) is 0 Å². The molecule has 1 aliphatic heterocycles. The third kappa shape index (κ3) is 7.35. The molecule has 2 aromatic carbocycles. The number of halogens is 1. The van der Waals surface area contributed by atoms with Gasteiger partial charge in [-0.15, -0.1) is 0 Å². The first-order valence-electron chi connectivity index (χ1n) is 12.3. The molecule has 1 aliphatic rings. The van der Waals surface area contributed by atoms with Gasteiger partial charge in [-0.25, -0.2) is 14.5 Å². The van der Waals surface area contributed by atoms with Gasteiger partial charge in [-0.1, -0.05) is 72.2 Å². The Morgan fingerprint density at radius 1 is 1.11 bits per heavy atom. The lowest BCUT2D eigenvalue weighted by molar-refractivity contribution is -0.193. The van der Waals surface area contributed by atoms with E-state index in [1.54, 1.807) is 24.3 Å². The smallest absolute Gasteiger partial charge is 0.343 e. The van der Waals surface area contributed by atoms with Crippen LogP contribution in [-0.2, 0) is 28.6 Å². The number of ether oxygens (including phenoxy) is 3. The number of hydrogen-bond acceptors (Lipinski definition) is 8. The zero-order chi connectivity index (χ0) is 26.8. The van der Waals surface area contributed by atoms with E-state index in [0.717, 1.165) is 43.2 Å². The van der Waals surface area contributed by atoms with E-state index in [1.165, 1.54) is 0 Å². The van der Waals surface area contributed by atoms with Crippen molar-refractivity contribution in [2.45, 2.75) is 32.7 Å². The van der Waals surface area contributed by atoms with E-state index >= 15 is 0 Å².